The average molecular weight is 288 g/mol. The molecule has 6 nitrogen and oxygen atoms in total. The van der Waals surface area contributed by atoms with Crippen molar-refractivity contribution in [3.63, 3.8) is 0 Å². The first kappa shape index (κ1) is 16.0. The lowest BCUT2D eigenvalue weighted by molar-refractivity contribution is 0.0520. The third kappa shape index (κ3) is 6.63. The summed E-state index contributed by atoms with van der Waals surface area (Å²) in [5.74, 6) is -0.365. The number of thiazole rings is 1. The van der Waals surface area contributed by atoms with Crippen molar-refractivity contribution in [2.75, 3.05) is 39.5 Å². The van der Waals surface area contributed by atoms with E-state index in [2.05, 4.69) is 10.3 Å². The normalized spacial score (nSPS) is 10.6. The highest BCUT2D eigenvalue weighted by Crippen LogP contribution is 2.11. The smallest absolute Gasteiger partial charge is 0.357 e. The standard InChI is InChI=1S/C12H20N2O4S/c1-2-18-12(16)10-9-19-11(14-10)3-4-13-5-7-17-8-6-15/h9,13,15H,2-8H2,1H3. The third-order valence-electron chi connectivity index (χ3n) is 2.21. The zero-order chi connectivity index (χ0) is 13.9. The number of hydrogen-bond acceptors (Lipinski definition) is 7. The van der Waals surface area contributed by atoms with E-state index in [0.29, 0.717) is 25.5 Å². The lowest BCUT2D eigenvalue weighted by atomic mass is 10.4. The number of nitrogens with one attached hydrogen (secondary N) is 1. The highest BCUT2D eigenvalue weighted by atomic mass is 32.1. The van der Waals surface area contributed by atoms with Gasteiger partial charge in [0.1, 0.15) is 0 Å². The van der Waals surface area contributed by atoms with Gasteiger partial charge in [0, 0.05) is 24.9 Å². The van der Waals surface area contributed by atoms with Crippen LogP contribution in [0.4, 0.5) is 0 Å². The van der Waals surface area contributed by atoms with Crippen LogP contribution < -0.4 is 5.32 Å². The number of esters is 1. The molecule has 0 aliphatic rings. The first-order valence-electron chi connectivity index (χ1n) is 6.28. The van der Waals surface area contributed by atoms with E-state index in [1.807, 2.05) is 0 Å². The highest BCUT2D eigenvalue weighted by Gasteiger charge is 2.10. The molecule has 1 aromatic heterocycles. The Morgan fingerprint density at radius 2 is 2.32 bits per heavy atom. The van der Waals surface area contributed by atoms with E-state index in [0.717, 1.165) is 24.5 Å². The fraction of sp³-hybridized carbons (Fsp3) is 0.667. The number of nitrogens with zero attached hydrogens (tertiary/aromatic N) is 1. The van der Waals surface area contributed by atoms with Crippen molar-refractivity contribution in [1.29, 1.82) is 0 Å². The Kier molecular flexibility index (Phi) is 8.31. The topological polar surface area (TPSA) is 80.7 Å². The van der Waals surface area contributed by atoms with Crippen LogP contribution >= 0.6 is 11.3 Å². The first-order valence-corrected chi connectivity index (χ1v) is 7.16. The fourth-order valence-electron chi connectivity index (χ4n) is 1.36. The number of aliphatic hydroxyl groups excluding tert-OH is 1. The molecule has 0 aromatic carbocycles. The van der Waals surface area contributed by atoms with Gasteiger partial charge in [-0.15, -0.1) is 11.3 Å². The summed E-state index contributed by atoms with van der Waals surface area (Å²) in [5.41, 5.74) is 0.383. The van der Waals surface area contributed by atoms with Gasteiger partial charge in [0.2, 0.25) is 0 Å². The summed E-state index contributed by atoms with van der Waals surface area (Å²) in [6.07, 6.45) is 0.768. The van der Waals surface area contributed by atoms with Crippen LogP contribution in [0.2, 0.25) is 0 Å². The maximum atomic E-state index is 11.4. The summed E-state index contributed by atoms with van der Waals surface area (Å²) in [4.78, 5) is 15.6. The Hall–Kier alpha value is -1.02. The second-order valence-electron chi connectivity index (χ2n) is 3.68. The summed E-state index contributed by atoms with van der Waals surface area (Å²) in [6, 6.07) is 0. The van der Waals surface area contributed by atoms with Crippen LogP contribution in [0.1, 0.15) is 22.4 Å². The SMILES string of the molecule is CCOC(=O)c1csc(CCNCCOCCO)n1. The molecule has 0 amide bonds. The molecule has 1 rings (SSSR count). The van der Waals surface area contributed by atoms with E-state index >= 15 is 0 Å². The van der Waals surface area contributed by atoms with E-state index in [1.54, 1.807) is 12.3 Å². The van der Waals surface area contributed by atoms with Gasteiger partial charge in [0.05, 0.1) is 31.4 Å². The summed E-state index contributed by atoms with van der Waals surface area (Å²) in [5, 5.41) is 14.3. The quantitative estimate of drug-likeness (QED) is 0.481. The van der Waals surface area contributed by atoms with Crippen LogP contribution in [0.15, 0.2) is 5.38 Å². The first-order chi connectivity index (χ1) is 9.27. The van der Waals surface area contributed by atoms with Gasteiger partial charge in [0.15, 0.2) is 5.69 Å². The van der Waals surface area contributed by atoms with Gasteiger partial charge in [0.25, 0.3) is 0 Å². The number of ether oxygens (including phenoxy) is 2. The molecule has 108 valence electrons. The van der Waals surface area contributed by atoms with Crippen LogP contribution in [0.3, 0.4) is 0 Å². The minimum absolute atomic E-state index is 0.0513. The molecule has 1 aromatic rings. The number of carbonyl (C=O) groups is 1. The summed E-state index contributed by atoms with van der Waals surface area (Å²) < 4.78 is 9.99. The fourth-order valence-corrected chi connectivity index (χ4v) is 2.12. The van der Waals surface area contributed by atoms with Crippen molar-refractivity contribution in [2.24, 2.45) is 0 Å². The molecule has 0 saturated carbocycles. The lowest BCUT2D eigenvalue weighted by Gasteiger charge is -2.03. The van der Waals surface area contributed by atoms with Crippen molar-refractivity contribution in [1.82, 2.24) is 10.3 Å². The molecule has 1 heterocycles. The molecule has 0 spiro atoms. The molecule has 0 unspecified atom stereocenters. The summed E-state index contributed by atoms with van der Waals surface area (Å²) in [6.45, 7) is 4.64. The van der Waals surface area contributed by atoms with Gasteiger partial charge in [-0.25, -0.2) is 9.78 Å². The van der Waals surface area contributed by atoms with Crippen LogP contribution in [0.25, 0.3) is 0 Å². The van der Waals surface area contributed by atoms with E-state index < -0.39 is 0 Å². The zero-order valence-corrected chi connectivity index (χ0v) is 11.9. The molecule has 7 heteroatoms. The molecule has 0 fully saturated rings. The number of carbonyl (C=O) groups excluding carboxylic acids is 1. The van der Waals surface area contributed by atoms with Gasteiger partial charge in [-0.05, 0) is 6.92 Å². The number of hydrogen-bond donors (Lipinski definition) is 2. The van der Waals surface area contributed by atoms with Crippen LogP contribution in [-0.4, -0.2) is 55.6 Å². The minimum atomic E-state index is -0.365. The predicted octanol–water partition coefficient (Wildman–Crippen LogP) is 0.461. The van der Waals surface area contributed by atoms with E-state index in [4.69, 9.17) is 14.6 Å². The van der Waals surface area contributed by atoms with Crippen LogP contribution in [-0.2, 0) is 15.9 Å². The second-order valence-corrected chi connectivity index (χ2v) is 4.63. The third-order valence-corrected chi connectivity index (χ3v) is 3.12. The average Bonchev–Trinajstić information content (AvgIpc) is 2.87. The summed E-state index contributed by atoms with van der Waals surface area (Å²) >= 11 is 1.46. The van der Waals surface area contributed by atoms with Crippen molar-refractivity contribution >= 4 is 17.3 Å². The molecular formula is C12H20N2O4S. The molecule has 0 aliphatic heterocycles. The van der Waals surface area contributed by atoms with Gasteiger partial charge in [-0.3, -0.25) is 0 Å². The van der Waals surface area contributed by atoms with Crippen molar-refractivity contribution < 1.29 is 19.4 Å². The van der Waals surface area contributed by atoms with Crippen LogP contribution in [0, 0.1) is 0 Å². The van der Waals surface area contributed by atoms with Gasteiger partial charge < -0.3 is 19.9 Å². The zero-order valence-electron chi connectivity index (χ0n) is 11.1. The number of aliphatic hydroxyl groups is 1. The van der Waals surface area contributed by atoms with Gasteiger partial charge >= 0.3 is 5.97 Å². The lowest BCUT2D eigenvalue weighted by Crippen LogP contribution is -2.22. The Bertz CT molecular complexity index is 370. The second kappa shape index (κ2) is 9.85. The van der Waals surface area contributed by atoms with E-state index in [-0.39, 0.29) is 12.6 Å². The van der Waals surface area contributed by atoms with E-state index in [9.17, 15) is 4.79 Å². The Morgan fingerprint density at radius 1 is 1.47 bits per heavy atom. The Morgan fingerprint density at radius 3 is 3.05 bits per heavy atom. The number of rotatable bonds is 10. The van der Waals surface area contributed by atoms with Gasteiger partial charge in [-0.1, -0.05) is 0 Å². The van der Waals surface area contributed by atoms with E-state index in [1.165, 1.54) is 11.3 Å². The maximum absolute atomic E-state index is 11.4. The maximum Gasteiger partial charge on any atom is 0.357 e. The molecule has 0 saturated heterocycles. The van der Waals surface area contributed by atoms with Crippen molar-refractivity contribution in [3.8, 4) is 0 Å². The minimum Gasteiger partial charge on any atom is -0.461 e. The molecule has 0 radical (unpaired) electrons. The Balaban J connectivity index is 2.14. The molecule has 0 aliphatic carbocycles. The summed E-state index contributed by atoms with van der Waals surface area (Å²) in [7, 11) is 0. The molecule has 0 atom stereocenters. The van der Waals surface area contributed by atoms with Gasteiger partial charge in [-0.2, -0.15) is 0 Å². The molecule has 2 N–H and O–H groups in total. The van der Waals surface area contributed by atoms with Crippen molar-refractivity contribution in [2.45, 2.75) is 13.3 Å². The molecule has 19 heavy (non-hydrogen) atoms. The molecule has 0 bridgehead atoms. The highest BCUT2D eigenvalue weighted by molar-refractivity contribution is 7.09. The predicted molar refractivity (Wildman–Crippen MR) is 72.5 cm³/mol. The molecular weight excluding hydrogens is 268 g/mol. The van der Waals surface area contributed by atoms with Crippen LogP contribution in [0.5, 0.6) is 0 Å². The largest absolute Gasteiger partial charge is 0.461 e. The monoisotopic (exact) mass is 288 g/mol. The van der Waals surface area contributed by atoms with Crippen molar-refractivity contribution in [3.05, 3.63) is 16.1 Å². The number of aromatic nitrogens is 1. The Labute approximate surface area is 116 Å².